The Hall–Kier alpha value is -3.01. The zero-order chi connectivity index (χ0) is 23.1. The lowest BCUT2D eigenvalue weighted by Gasteiger charge is -2.14. The third kappa shape index (κ3) is 6.49. The molecular formula is C22H17BrClN3O4S. The summed E-state index contributed by atoms with van der Waals surface area (Å²) in [5, 5.41) is 5.99. The molecule has 0 unspecified atom stereocenters. The summed E-state index contributed by atoms with van der Waals surface area (Å²) < 4.78 is 11.6. The van der Waals surface area contributed by atoms with E-state index in [1.54, 1.807) is 67.7 Å². The van der Waals surface area contributed by atoms with Gasteiger partial charge in [0.15, 0.2) is 16.7 Å². The van der Waals surface area contributed by atoms with Crippen molar-refractivity contribution >= 4 is 62.6 Å². The first-order valence-corrected chi connectivity index (χ1v) is 10.9. The van der Waals surface area contributed by atoms with E-state index >= 15 is 0 Å². The lowest BCUT2D eigenvalue weighted by atomic mass is 10.2. The van der Waals surface area contributed by atoms with Crippen LogP contribution in [0.25, 0.3) is 0 Å². The molecule has 164 valence electrons. The molecule has 32 heavy (non-hydrogen) atoms. The van der Waals surface area contributed by atoms with Gasteiger partial charge in [0.25, 0.3) is 5.91 Å². The number of rotatable bonds is 6. The average molecular weight is 535 g/mol. The van der Waals surface area contributed by atoms with E-state index in [0.29, 0.717) is 32.1 Å². The maximum Gasteiger partial charge on any atom is 0.338 e. The summed E-state index contributed by atoms with van der Waals surface area (Å²) in [7, 11) is 0. The maximum absolute atomic E-state index is 12.4. The predicted molar refractivity (Wildman–Crippen MR) is 130 cm³/mol. The van der Waals surface area contributed by atoms with Crippen molar-refractivity contribution in [3.05, 3.63) is 81.4 Å². The molecule has 0 fully saturated rings. The lowest BCUT2D eigenvalue weighted by molar-refractivity contribution is 0.0526. The Morgan fingerprint density at radius 1 is 1.12 bits per heavy atom. The summed E-state index contributed by atoms with van der Waals surface area (Å²) in [6, 6.07) is 14.6. The quantitative estimate of drug-likeness (QED) is 0.315. The molecule has 3 aromatic rings. The van der Waals surface area contributed by atoms with Crippen molar-refractivity contribution in [3.8, 4) is 11.5 Å². The summed E-state index contributed by atoms with van der Waals surface area (Å²) in [5.74, 6) is 0.143. The van der Waals surface area contributed by atoms with Crippen LogP contribution in [0.2, 0.25) is 5.02 Å². The third-order valence-corrected chi connectivity index (χ3v) is 4.85. The molecule has 2 aromatic carbocycles. The number of thiocarbonyl (C=S) groups is 1. The molecule has 2 N–H and O–H groups in total. The number of nitrogens with one attached hydrogen (secondary N) is 2. The summed E-state index contributed by atoms with van der Waals surface area (Å²) >= 11 is 14.4. The molecule has 3 rings (SSSR count). The zero-order valence-electron chi connectivity index (χ0n) is 16.7. The highest BCUT2D eigenvalue weighted by molar-refractivity contribution is 9.10. The number of ether oxygens (including phenoxy) is 2. The van der Waals surface area contributed by atoms with Crippen LogP contribution in [-0.4, -0.2) is 28.6 Å². The minimum atomic E-state index is -0.449. The highest BCUT2D eigenvalue weighted by atomic mass is 79.9. The van der Waals surface area contributed by atoms with Crippen LogP contribution in [0.1, 0.15) is 27.6 Å². The summed E-state index contributed by atoms with van der Waals surface area (Å²) in [6.45, 7) is 2.00. The Morgan fingerprint density at radius 2 is 1.88 bits per heavy atom. The number of esters is 1. The Kier molecular flexibility index (Phi) is 8.15. The van der Waals surface area contributed by atoms with Gasteiger partial charge in [-0.1, -0.05) is 17.7 Å². The number of aromatic nitrogens is 1. The number of amides is 1. The maximum atomic E-state index is 12.4. The molecule has 0 radical (unpaired) electrons. The van der Waals surface area contributed by atoms with Crippen molar-refractivity contribution in [1.29, 1.82) is 0 Å². The number of nitrogens with zero attached hydrogens (tertiary/aromatic N) is 1. The molecule has 0 saturated heterocycles. The Bertz CT molecular complexity index is 1160. The third-order valence-electron chi connectivity index (χ3n) is 3.96. The molecule has 1 aromatic heterocycles. The zero-order valence-corrected chi connectivity index (χ0v) is 19.9. The van der Waals surface area contributed by atoms with Crippen molar-refractivity contribution < 1.29 is 19.1 Å². The molecule has 0 bridgehead atoms. The highest BCUT2D eigenvalue weighted by Gasteiger charge is 2.14. The van der Waals surface area contributed by atoms with Crippen molar-refractivity contribution in [2.45, 2.75) is 6.92 Å². The van der Waals surface area contributed by atoms with E-state index < -0.39 is 11.9 Å². The van der Waals surface area contributed by atoms with Crippen molar-refractivity contribution in [2.24, 2.45) is 0 Å². The topological polar surface area (TPSA) is 89.6 Å². The van der Waals surface area contributed by atoms with Crippen LogP contribution in [0.15, 0.2) is 65.3 Å². The number of carbonyl (C=O) groups excluding carboxylic acids is 2. The average Bonchev–Trinajstić information content (AvgIpc) is 2.76. The van der Waals surface area contributed by atoms with Gasteiger partial charge in [0.1, 0.15) is 5.75 Å². The van der Waals surface area contributed by atoms with E-state index in [1.165, 1.54) is 0 Å². The summed E-state index contributed by atoms with van der Waals surface area (Å²) in [6.07, 6.45) is 1.55. The molecule has 10 heteroatoms. The molecule has 0 aliphatic carbocycles. The molecule has 0 saturated carbocycles. The van der Waals surface area contributed by atoms with Crippen molar-refractivity contribution in [1.82, 2.24) is 10.3 Å². The fourth-order valence-electron chi connectivity index (χ4n) is 2.54. The van der Waals surface area contributed by atoms with E-state index in [0.717, 1.165) is 0 Å². The van der Waals surface area contributed by atoms with E-state index in [1.807, 2.05) is 0 Å². The smallest absolute Gasteiger partial charge is 0.338 e. The SMILES string of the molecule is CCOC(=O)c1cccc(Oc2cc(Br)cnc2NC(=S)NC(=O)c2ccc(Cl)cc2)c1. The molecule has 1 amide bonds. The monoisotopic (exact) mass is 533 g/mol. The normalized spacial score (nSPS) is 10.2. The van der Waals surface area contributed by atoms with Crippen molar-refractivity contribution in [2.75, 3.05) is 11.9 Å². The second-order valence-corrected chi connectivity index (χ2v) is 8.03. The van der Waals surface area contributed by atoms with Crippen LogP contribution in [0.3, 0.4) is 0 Å². The Labute approximate surface area is 203 Å². The molecule has 0 atom stereocenters. The molecular weight excluding hydrogens is 518 g/mol. The second-order valence-electron chi connectivity index (χ2n) is 6.27. The van der Waals surface area contributed by atoms with E-state index in [4.69, 9.17) is 33.3 Å². The number of hydrogen-bond donors (Lipinski definition) is 2. The summed E-state index contributed by atoms with van der Waals surface area (Å²) in [5.41, 5.74) is 0.752. The fraction of sp³-hybridized carbons (Fsp3) is 0.0909. The number of hydrogen-bond acceptors (Lipinski definition) is 6. The van der Waals surface area contributed by atoms with Gasteiger partial charge in [0.05, 0.1) is 12.2 Å². The standard InChI is InChI=1S/C22H17BrClN3O4S/c1-2-30-21(29)14-4-3-5-17(10-14)31-18-11-15(23)12-25-19(18)26-22(32)27-20(28)13-6-8-16(24)9-7-13/h3-12H,2H2,1H3,(H2,25,26,27,28,32). The first-order chi connectivity index (χ1) is 15.4. The van der Waals surface area contributed by atoms with E-state index in [9.17, 15) is 9.59 Å². The second kappa shape index (κ2) is 11.0. The summed E-state index contributed by atoms with van der Waals surface area (Å²) in [4.78, 5) is 28.6. The molecule has 0 aliphatic heterocycles. The highest BCUT2D eigenvalue weighted by Crippen LogP contribution is 2.31. The Balaban J connectivity index is 1.74. The predicted octanol–water partition coefficient (Wildman–Crippen LogP) is 5.59. The van der Waals surface area contributed by atoms with Gasteiger partial charge in [-0.3, -0.25) is 10.1 Å². The minimum absolute atomic E-state index is 0.0323. The lowest BCUT2D eigenvalue weighted by Crippen LogP contribution is -2.34. The largest absolute Gasteiger partial charge is 0.462 e. The van der Waals surface area contributed by atoms with Gasteiger partial charge < -0.3 is 14.8 Å². The van der Waals surface area contributed by atoms with Crippen LogP contribution in [0.5, 0.6) is 11.5 Å². The fourth-order valence-corrected chi connectivity index (χ4v) is 3.16. The number of pyridine rings is 1. The van der Waals surface area contributed by atoms with Gasteiger partial charge in [0.2, 0.25) is 0 Å². The van der Waals surface area contributed by atoms with Gasteiger partial charge in [0, 0.05) is 27.3 Å². The molecule has 0 spiro atoms. The first-order valence-electron chi connectivity index (χ1n) is 9.34. The molecule has 0 aliphatic rings. The van der Waals surface area contributed by atoms with Gasteiger partial charge in [-0.05, 0) is 77.5 Å². The van der Waals surface area contributed by atoms with E-state index in [-0.39, 0.29) is 17.5 Å². The Morgan fingerprint density at radius 3 is 2.59 bits per heavy atom. The van der Waals surface area contributed by atoms with Crippen molar-refractivity contribution in [3.63, 3.8) is 0 Å². The van der Waals surface area contributed by atoms with Crippen LogP contribution < -0.4 is 15.4 Å². The molecule has 7 nitrogen and oxygen atoms in total. The van der Waals surface area contributed by atoms with Crippen LogP contribution in [0.4, 0.5) is 5.82 Å². The number of benzene rings is 2. The molecule has 1 heterocycles. The first kappa shape index (κ1) is 23.6. The van der Waals surface area contributed by atoms with Crippen LogP contribution >= 0.6 is 39.7 Å². The number of anilines is 1. The van der Waals surface area contributed by atoms with E-state index in [2.05, 4.69) is 31.5 Å². The van der Waals surface area contributed by atoms with Gasteiger partial charge in [-0.15, -0.1) is 0 Å². The number of carbonyl (C=O) groups is 2. The van der Waals surface area contributed by atoms with Crippen LogP contribution in [0, 0.1) is 0 Å². The van der Waals surface area contributed by atoms with Gasteiger partial charge in [-0.2, -0.15) is 0 Å². The van der Waals surface area contributed by atoms with Gasteiger partial charge >= 0.3 is 5.97 Å². The minimum Gasteiger partial charge on any atom is -0.462 e. The number of halogens is 2. The van der Waals surface area contributed by atoms with Gasteiger partial charge in [-0.25, -0.2) is 9.78 Å². The van der Waals surface area contributed by atoms with Crippen LogP contribution in [-0.2, 0) is 4.74 Å².